The van der Waals surface area contributed by atoms with E-state index in [4.69, 9.17) is 9.84 Å². The summed E-state index contributed by atoms with van der Waals surface area (Å²) in [6.45, 7) is 4.15. The number of aryl methyl sites for hydroxylation is 1. The van der Waals surface area contributed by atoms with Crippen molar-refractivity contribution >= 4 is 29.5 Å². The first-order chi connectivity index (χ1) is 15.8. The number of amides is 1. The molecule has 33 heavy (non-hydrogen) atoms. The smallest absolute Gasteiger partial charge is 0.407 e. The van der Waals surface area contributed by atoms with Crippen molar-refractivity contribution in [3.05, 3.63) is 63.7 Å². The molecule has 1 unspecified atom stereocenters. The minimum absolute atomic E-state index is 0.00655. The first-order valence-electron chi connectivity index (χ1n) is 11.0. The third-order valence-electron chi connectivity index (χ3n) is 5.09. The van der Waals surface area contributed by atoms with Crippen molar-refractivity contribution in [1.82, 2.24) is 5.32 Å². The van der Waals surface area contributed by atoms with Crippen LogP contribution in [0.5, 0.6) is 0 Å². The maximum Gasteiger partial charge on any atom is 0.407 e. The maximum absolute atomic E-state index is 12.0. The third-order valence-corrected chi connectivity index (χ3v) is 6.20. The number of ether oxygens (including phenoxy) is 1. The number of nitro benzene ring substituents is 1. The van der Waals surface area contributed by atoms with E-state index in [9.17, 15) is 19.7 Å². The first kappa shape index (κ1) is 26.2. The number of hydrogen-bond donors (Lipinski definition) is 2. The molecule has 2 N–H and O–H groups in total. The summed E-state index contributed by atoms with van der Waals surface area (Å²) in [7, 11) is 0. The highest BCUT2D eigenvalue weighted by Crippen LogP contribution is 2.37. The van der Waals surface area contributed by atoms with E-state index in [1.54, 1.807) is 24.8 Å². The molecule has 9 heteroatoms. The molecule has 0 aliphatic heterocycles. The number of carboxylic acids is 1. The number of alkyl carbamates (subject to hydrolysis) is 1. The van der Waals surface area contributed by atoms with Crippen LogP contribution in [-0.2, 0) is 16.0 Å². The number of benzene rings is 2. The van der Waals surface area contributed by atoms with Crippen LogP contribution in [0.2, 0.25) is 0 Å². The number of nitro groups is 1. The van der Waals surface area contributed by atoms with Gasteiger partial charge in [-0.05, 0) is 43.0 Å². The average molecular weight is 475 g/mol. The number of nitrogens with one attached hydrogen (secondary N) is 1. The Bertz CT molecular complexity index is 951. The second-order valence-corrected chi connectivity index (χ2v) is 8.79. The number of aliphatic carboxylic acids is 1. The number of unbranched alkanes of at least 4 members (excludes halogenated alkanes) is 2. The topological polar surface area (TPSA) is 119 Å². The molecule has 0 aliphatic rings. The molecule has 178 valence electrons. The predicted molar refractivity (Wildman–Crippen MR) is 127 cm³/mol. The summed E-state index contributed by atoms with van der Waals surface area (Å²) in [6.07, 6.45) is 2.09. The van der Waals surface area contributed by atoms with Gasteiger partial charge in [0.25, 0.3) is 5.69 Å². The lowest BCUT2D eigenvalue weighted by atomic mass is 9.97. The van der Waals surface area contributed by atoms with Gasteiger partial charge in [-0.1, -0.05) is 50.2 Å². The van der Waals surface area contributed by atoms with Gasteiger partial charge in [-0.2, -0.15) is 0 Å². The molecule has 0 bridgehead atoms. The minimum Gasteiger partial charge on any atom is -0.481 e. The van der Waals surface area contributed by atoms with E-state index in [0.29, 0.717) is 37.8 Å². The van der Waals surface area contributed by atoms with Gasteiger partial charge in [-0.15, -0.1) is 0 Å². The number of carbonyl (C=O) groups is 2. The molecule has 0 spiro atoms. The summed E-state index contributed by atoms with van der Waals surface area (Å²) in [6, 6.07) is 13.3. The van der Waals surface area contributed by atoms with Gasteiger partial charge in [-0.3, -0.25) is 14.9 Å². The molecule has 0 saturated carbocycles. The first-order valence-corrected chi connectivity index (χ1v) is 11.8. The Morgan fingerprint density at radius 2 is 1.91 bits per heavy atom. The Balaban J connectivity index is 2.01. The van der Waals surface area contributed by atoms with E-state index in [1.807, 2.05) is 43.3 Å². The largest absolute Gasteiger partial charge is 0.481 e. The van der Waals surface area contributed by atoms with Crippen LogP contribution >= 0.6 is 11.8 Å². The highest BCUT2D eigenvalue weighted by atomic mass is 32.2. The van der Waals surface area contributed by atoms with Crippen LogP contribution in [0.15, 0.2) is 52.3 Å². The van der Waals surface area contributed by atoms with Crippen molar-refractivity contribution in [3.8, 4) is 0 Å². The Morgan fingerprint density at radius 3 is 2.55 bits per heavy atom. The van der Waals surface area contributed by atoms with E-state index < -0.39 is 12.1 Å². The number of rotatable bonds is 13. The second-order valence-electron chi connectivity index (χ2n) is 7.68. The predicted octanol–water partition coefficient (Wildman–Crippen LogP) is 5.78. The molecular formula is C24H30N2O6S. The lowest BCUT2D eigenvalue weighted by molar-refractivity contribution is -0.385. The van der Waals surface area contributed by atoms with Gasteiger partial charge in [-0.25, -0.2) is 4.79 Å². The van der Waals surface area contributed by atoms with Gasteiger partial charge in [0.2, 0.25) is 0 Å². The summed E-state index contributed by atoms with van der Waals surface area (Å²) >= 11 is 1.56. The molecular weight excluding hydrogens is 444 g/mol. The van der Waals surface area contributed by atoms with E-state index in [-0.39, 0.29) is 29.6 Å². The Morgan fingerprint density at radius 1 is 1.18 bits per heavy atom. The zero-order chi connectivity index (χ0) is 24.2. The molecule has 2 aromatic rings. The highest BCUT2D eigenvalue weighted by Gasteiger charge is 2.23. The van der Waals surface area contributed by atoms with Crippen LogP contribution in [0.3, 0.4) is 0 Å². The van der Waals surface area contributed by atoms with E-state index in [0.717, 1.165) is 15.4 Å². The highest BCUT2D eigenvalue weighted by molar-refractivity contribution is 7.99. The van der Waals surface area contributed by atoms with E-state index >= 15 is 0 Å². The van der Waals surface area contributed by atoms with Gasteiger partial charge < -0.3 is 15.2 Å². The van der Waals surface area contributed by atoms with Crippen LogP contribution in [0.25, 0.3) is 0 Å². The molecule has 2 aromatic carbocycles. The van der Waals surface area contributed by atoms with Crippen molar-refractivity contribution < 1.29 is 24.4 Å². The molecule has 2 rings (SSSR count). The molecule has 0 aromatic heterocycles. The van der Waals surface area contributed by atoms with Crippen LogP contribution in [0.4, 0.5) is 10.5 Å². The lowest BCUT2D eigenvalue weighted by Crippen LogP contribution is -2.26. The zero-order valence-corrected chi connectivity index (χ0v) is 19.7. The summed E-state index contributed by atoms with van der Waals surface area (Å²) in [5.74, 6) is -1.20. The molecule has 0 aliphatic carbocycles. The van der Waals surface area contributed by atoms with Crippen molar-refractivity contribution in [2.24, 2.45) is 0 Å². The number of carboxylic acid groups (broad SMARTS) is 1. The van der Waals surface area contributed by atoms with Crippen molar-refractivity contribution in [2.75, 3.05) is 13.2 Å². The van der Waals surface area contributed by atoms with Gasteiger partial charge in [0.15, 0.2) is 0 Å². The van der Waals surface area contributed by atoms with Gasteiger partial charge in [0, 0.05) is 40.3 Å². The van der Waals surface area contributed by atoms with Gasteiger partial charge in [0.05, 0.1) is 4.92 Å². The molecule has 0 radical (unpaired) electrons. The average Bonchev–Trinajstić information content (AvgIpc) is 2.79. The minimum atomic E-state index is -0.831. The Kier molecular flexibility index (Phi) is 10.7. The summed E-state index contributed by atoms with van der Waals surface area (Å²) in [4.78, 5) is 35.8. The van der Waals surface area contributed by atoms with Crippen LogP contribution in [0, 0.1) is 10.1 Å². The van der Waals surface area contributed by atoms with Crippen molar-refractivity contribution in [1.29, 1.82) is 0 Å². The summed E-state index contributed by atoms with van der Waals surface area (Å²) in [5, 5.41) is 23.0. The van der Waals surface area contributed by atoms with E-state index in [1.165, 1.54) is 0 Å². The zero-order valence-electron chi connectivity index (χ0n) is 18.9. The third kappa shape index (κ3) is 8.76. The molecule has 0 heterocycles. The normalized spacial score (nSPS) is 11.6. The maximum atomic E-state index is 12.0. The molecule has 8 nitrogen and oxygen atoms in total. The van der Waals surface area contributed by atoms with Crippen LogP contribution in [-0.4, -0.2) is 35.2 Å². The van der Waals surface area contributed by atoms with Gasteiger partial charge in [0.1, 0.15) is 6.61 Å². The van der Waals surface area contributed by atoms with Crippen molar-refractivity contribution in [2.45, 2.75) is 61.7 Å². The van der Waals surface area contributed by atoms with Crippen molar-refractivity contribution in [3.63, 3.8) is 0 Å². The van der Waals surface area contributed by atoms with Gasteiger partial charge >= 0.3 is 12.1 Å². The second kappa shape index (κ2) is 13.5. The fourth-order valence-corrected chi connectivity index (χ4v) is 4.34. The van der Waals surface area contributed by atoms with E-state index in [2.05, 4.69) is 5.32 Å². The summed E-state index contributed by atoms with van der Waals surface area (Å²) < 4.78 is 5.28. The fourth-order valence-electron chi connectivity index (χ4n) is 3.28. The lowest BCUT2D eigenvalue weighted by Gasteiger charge is -2.16. The monoisotopic (exact) mass is 474 g/mol. The fraction of sp³-hybridized carbons (Fsp3) is 0.417. The molecule has 0 saturated heterocycles. The Labute approximate surface area is 197 Å². The van der Waals surface area contributed by atoms with Crippen LogP contribution < -0.4 is 5.32 Å². The molecule has 0 fully saturated rings. The standard InChI is InChI=1S/C24H30N2O6S/c1-3-18-14-21(26(30)31)20(15-22(18)33-19-10-6-4-7-11-19)17(2)16-32-24(29)25-13-9-5-8-12-23(27)28/h4,6-7,10-11,14-15,17H,3,5,8-9,12-13,16H2,1-2H3,(H,25,29)(H,27,28). The quantitative estimate of drug-likeness (QED) is 0.214. The Hall–Kier alpha value is -3.07. The molecule has 1 amide bonds. The van der Waals surface area contributed by atoms with Crippen LogP contribution in [0.1, 0.15) is 56.6 Å². The SMILES string of the molecule is CCc1cc([N+](=O)[O-])c(C(C)COC(=O)NCCCCCC(=O)O)cc1Sc1ccccc1. The summed E-state index contributed by atoms with van der Waals surface area (Å²) in [5.41, 5.74) is 1.45. The number of nitrogens with zero attached hydrogens (tertiary/aromatic N) is 1. The number of hydrogen-bond acceptors (Lipinski definition) is 6. The number of carbonyl (C=O) groups excluding carboxylic acids is 1. The molecule has 1 atom stereocenters.